The Bertz CT molecular complexity index is 450. The molecule has 0 aliphatic heterocycles. The Morgan fingerprint density at radius 3 is 2.37 bits per heavy atom. The van der Waals surface area contributed by atoms with Gasteiger partial charge >= 0.3 is 6.09 Å². The minimum atomic E-state index is -1.30. The molecule has 1 aromatic rings. The molecule has 0 aliphatic carbocycles. The zero-order chi connectivity index (χ0) is 14.4. The highest BCUT2D eigenvalue weighted by molar-refractivity contribution is 6.30. The van der Waals surface area contributed by atoms with Crippen LogP contribution in [0.5, 0.6) is 0 Å². The van der Waals surface area contributed by atoms with Gasteiger partial charge in [0.2, 0.25) is 5.91 Å². The number of carboxylic acid groups (broad SMARTS) is 1. The van der Waals surface area contributed by atoms with Crippen LogP contribution in [-0.4, -0.2) is 29.2 Å². The lowest BCUT2D eigenvalue weighted by molar-refractivity contribution is -0.120. The highest BCUT2D eigenvalue weighted by atomic mass is 35.5. The maximum atomic E-state index is 11.1. The number of carbonyl (C=O) groups is 2. The third-order valence-corrected chi connectivity index (χ3v) is 2.84. The molecule has 0 fully saturated rings. The van der Waals surface area contributed by atoms with Crippen LogP contribution in [0.3, 0.4) is 0 Å². The van der Waals surface area contributed by atoms with E-state index in [9.17, 15) is 9.59 Å². The number of hydrogen-bond acceptors (Lipinski definition) is 3. The van der Waals surface area contributed by atoms with Crippen LogP contribution in [0, 0.1) is 0 Å². The molecule has 1 aromatic carbocycles. The van der Waals surface area contributed by atoms with Crippen molar-refractivity contribution in [2.75, 3.05) is 0 Å². The van der Waals surface area contributed by atoms with E-state index in [2.05, 4.69) is 0 Å². The van der Waals surface area contributed by atoms with Crippen LogP contribution in [-0.2, 0) is 11.2 Å². The summed E-state index contributed by atoms with van der Waals surface area (Å²) in [5.74, 6) is -0.742. The van der Waals surface area contributed by atoms with Crippen molar-refractivity contribution in [2.45, 2.75) is 24.9 Å². The second-order valence-electron chi connectivity index (χ2n) is 4.23. The smallest absolute Gasteiger partial charge is 0.405 e. The van der Waals surface area contributed by atoms with Gasteiger partial charge in [0.25, 0.3) is 0 Å². The van der Waals surface area contributed by atoms with Crippen LogP contribution in [0.25, 0.3) is 0 Å². The molecule has 0 heterocycles. The normalized spacial score (nSPS) is 13.6. The van der Waals surface area contributed by atoms with E-state index in [4.69, 9.17) is 28.2 Å². The number of primary amides is 1. The number of carbonyl (C=O) groups excluding carboxylic acids is 1. The van der Waals surface area contributed by atoms with E-state index in [1.54, 1.807) is 12.1 Å². The minimum Gasteiger partial charge on any atom is -0.465 e. The molecule has 0 saturated carbocycles. The first kappa shape index (κ1) is 15.3. The maximum Gasteiger partial charge on any atom is 0.405 e. The molecule has 6 N–H and O–H groups in total. The SMILES string of the molecule is NC(=O)C(C[C@H](N)Cc1ccc(Cl)cc1)NC(=O)O. The summed E-state index contributed by atoms with van der Waals surface area (Å²) in [6.45, 7) is 0. The van der Waals surface area contributed by atoms with Gasteiger partial charge in [-0.15, -0.1) is 0 Å². The standard InChI is InChI=1S/C12H16ClN3O3/c13-8-3-1-7(2-4-8)5-9(14)6-10(11(15)17)16-12(18)19/h1-4,9-10,16H,5-6,14H2,(H2,15,17)(H,18,19)/t9-,10?/m1/s1. The zero-order valence-electron chi connectivity index (χ0n) is 10.2. The average molecular weight is 286 g/mol. The predicted molar refractivity (Wildman–Crippen MR) is 71.9 cm³/mol. The van der Waals surface area contributed by atoms with Crippen LogP contribution in [0.15, 0.2) is 24.3 Å². The number of nitrogens with one attached hydrogen (secondary N) is 1. The van der Waals surface area contributed by atoms with Crippen LogP contribution >= 0.6 is 11.6 Å². The van der Waals surface area contributed by atoms with Crippen molar-refractivity contribution in [1.29, 1.82) is 0 Å². The van der Waals surface area contributed by atoms with Gasteiger partial charge in [-0.1, -0.05) is 23.7 Å². The van der Waals surface area contributed by atoms with Gasteiger partial charge in [0.1, 0.15) is 6.04 Å². The van der Waals surface area contributed by atoms with E-state index >= 15 is 0 Å². The highest BCUT2D eigenvalue weighted by Gasteiger charge is 2.20. The molecular weight excluding hydrogens is 270 g/mol. The second kappa shape index (κ2) is 6.96. The fourth-order valence-electron chi connectivity index (χ4n) is 1.70. The first-order valence-electron chi connectivity index (χ1n) is 5.67. The molecule has 0 radical (unpaired) electrons. The maximum absolute atomic E-state index is 11.1. The predicted octanol–water partition coefficient (Wildman–Crippen LogP) is 0.721. The van der Waals surface area contributed by atoms with Gasteiger partial charge in [-0.05, 0) is 30.5 Å². The molecule has 7 heteroatoms. The fraction of sp³-hybridized carbons (Fsp3) is 0.333. The number of hydrogen-bond donors (Lipinski definition) is 4. The summed E-state index contributed by atoms with van der Waals surface area (Å²) in [4.78, 5) is 21.6. The summed E-state index contributed by atoms with van der Waals surface area (Å²) < 4.78 is 0. The molecule has 1 rings (SSSR count). The van der Waals surface area contributed by atoms with E-state index in [1.807, 2.05) is 17.4 Å². The summed E-state index contributed by atoms with van der Waals surface area (Å²) in [6.07, 6.45) is -0.658. The lowest BCUT2D eigenvalue weighted by Crippen LogP contribution is -2.47. The Hall–Kier alpha value is -1.79. The largest absolute Gasteiger partial charge is 0.465 e. The lowest BCUT2D eigenvalue weighted by atomic mass is 10.00. The van der Waals surface area contributed by atoms with Crippen molar-refractivity contribution in [1.82, 2.24) is 5.32 Å². The Morgan fingerprint density at radius 1 is 1.32 bits per heavy atom. The van der Waals surface area contributed by atoms with Gasteiger partial charge in [0.05, 0.1) is 0 Å². The van der Waals surface area contributed by atoms with E-state index < -0.39 is 18.0 Å². The van der Waals surface area contributed by atoms with Crippen molar-refractivity contribution < 1.29 is 14.7 Å². The molecule has 2 atom stereocenters. The molecule has 1 unspecified atom stereocenters. The Morgan fingerprint density at radius 2 is 1.89 bits per heavy atom. The molecule has 2 amide bonds. The average Bonchev–Trinajstić information content (AvgIpc) is 2.30. The zero-order valence-corrected chi connectivity index (χ0v) is 10.9. The third-order valence-electron chi connectivity index (χ3n) is 2.59. The lowest BCUT2D eigenvalue weighted by Gasteiger charge is -2.18. The second-order valence-corrected chi connectivity index (χ2v) is 4.67. The molecule has 0 spiro atoms. The Kier molecular flexibility index (Phi) is 5.59. The number of nitrogens with two attached hydrogens (primary N) is 2. The van der Waals surface area contributed by atoms with E-state index in [1.165, 1.54) is 0 Å². The van der Waals surface area contributed by atoms with Gasteiger partial charge in [0, 0.05) is 11.1 Å². The number of benzene rings is 1. The molecule has 19 heavy (non-hydrogen) atoms. The molecule has 0 aromatic heterocycles. The molecule has 0 aliphatic rings. The monoisotopic (exact) mass is 285 g/mol. The van der Waals surface area contributed by atoms with Crippen LogP contribution in [0.2, 0.25) is 5.02 Å². The summed E-state index contributed by atoms with van der Waals surface area (Å²) >= 11 is 5.76. The van der Waals surface area contributed by atoms with Crippen molar-refractivity contribution in [2.24, 2.45) is 11.5 Å². The number of amides is 2. The van der Waals surface area contributed by atoms with Gasteiger partial charge < -0.3 is 21.9 Å². The van der Waals surface area contributed by atoms with E-state index in [0.717, 1.165) is 5.56 Å². The first-order chi connectivity index (χ1) is 8.88. The van der Waals surface area contributed by atoms with E-state index in [0.29, 0.717) is 11.4 Å². The van der Waals surface area contributed by atoms with Crippen LogP contribution in [0.4, 0.5) is 4.79 Å². The topological polar surface area (TPSA) is 118 Å². The Labute approximate surface area is 115 Å². The van der Waals surface area contributed by atoms with Crippen LogP contribution in [0.1, 0.15) is 12.0 Å². The van der Waals surface area contributed by atoms with Crippen molar-refractivity contribution in [3.05, 3.63) is 34.9 Å². The van der Waals surface area contributed by atoms with Crippen molar-refractivity contribution >= 4 is 23.6 Å². The summed E-state index contributed by atoms with van der Waals surface area (Å²) in [7, 11) is 0. The van der Waals surface area contributed by atoms with Crippen molar-refractivity contribution in [3.8, 4) is 0 Å². The first-order valence-corrected chi connectivity index (χ1v) is 6.05. The van der Waals surface area contributed by atoms with Gasteiger partial charge in [-0.25, -0.2) is 4.79 Å². The fourth-order valence-corrected chi connectivity index (χ4v) is 1.83. The summed E-state index contributed by atoms with van der Waals surface area (Å²) in [5, 5.41) is 11.3. The number of halogens is 1. The van der Waals surface area contributed by atoms with E-state index in [-0.39, 0.29) is 12.5 Å². The molecule has 104 valence electrons. The number of rotatable bonds is 6. The molecule has 0 bridgehead atoms. The quantitative estimate of drug-likeness (QED) is 0.616. The molecular formula is C12H16ClN3O3. The summed E-state index contributed by atoms with van der Waals surface area (Å²) in [5.41, 5.74) is 11.9. The third kappa shape index (κ3) is 5.58. The summed E-state index contributed by atoms with van der Waals surface area (Å²) in [6, 6.07) is 5.76. The van der Waals surface area contributed by atoms with Gasteiger partial charge in [0.15, 0.2) is 0 Å². The molecule has 0 saturated heterocycles. The van der Waals surface area contributed by atoms with Crippen LogP contribution < -0.4 is 16.8 Å². The highest BCUT2D eigenvalue weighted by Crippen LogP contribution is 2.12. The Balaban J connectivity index is 2.57. The van der Waals surface area contributed by atoms with Gasteiger partial charge in [-0.3, -0.25) is 4.79 Å². The van der Waals surface area contributed by atoms with Gasteiger partial charge in [-0.2, -0.15) is 0 Å². The van der Waals surface area contributed by atoms with Crippen molar-refractivity contribution in [3.63, 3.8) is 0 Å². The molecule has 6 nitrogen and oxygen atoms in total. The minimum absolute atomic E-state index is 0.143.